The summed E-state index contributed by atoms with van der Waals surface area (Å²) in [5, 5.41) is 9.11. The first-order chi connectivity index (χ1) is 9.33. The Hall–Kier alpha value is -1.38. The van der Waals surface area contributed by atoms with Gasteiger partial charge in [-0.05, 0) is 26.7 Å². The average molecular weight is 303 g/mol. The van der Waals surface area contributed by atoms with Crippen LogP contribution in [0.1, 0.15) is 47.6 Å². The van der Waals surface area contributed by atoms with E-state index in [0.29, 0.717) is 0 Å². The van der Waals surface area contributed by atoms with Gasteiger partial charge < -0.3 is 9.52 Å². The Morgan fingerprint density at radius 3 is 2.45 bits per heavy atom. The summed E-state index contributed by atoms with van der Waals surface area (Å²) in [5.74, 6) is -1.26. The first kappa shape index (κ1) is 15.0. The van der Waals surface area contributed by atoms with E-state index in [9.17, 15) is 13.2 Å². The van der Waals surface area contributed by atoms with Crippen LogP contribution in [-0.4, -0.2) is 25.6 Å². The molecule has 0 aromatic carbocycles. The lowest BCUT2D eigenvalue weighted by Gasteiger charge is -2.12. The molecular formula is C12H17NO6S. The smallest absolute Gasteiger partial charge is 0.340 e. The number of rotatable bonds is 5. The van der Waals surface area contributed by atoms with E-state index in [1.165, 1.54) is 13.8 Å². The molecule has 2 N–H and O–H groups in total. The lowest BCUT2D eigenvalue weighted by Crippen LogP contribution is -2.29. The second kappa shape index (κ2) is 5.55. The summed E-state index contributed by atoms with van der Waals surface area (Å²) in [6.45, 7) is 2.82. The molecule has 0 saturated heterocycles. The lowest BCUT2D eigenvalue weighted by atomic mass is 10.2. The molecule has 2 rings (SSSR count). The highest BCUT2D eigenvalue weighted by atomic mass is 32.2. The quantitative estimate of drug-likeness (QED) is 0.803. The summed E-state index contributed by atoms with van der Waals surface area (Å²) in [5.41, 5.74) is -0.356. The van der Waals surface area contributed by atoms with E-state index in [0.717, 1.165) is 25.7 Å². The summed E-state index contributed by atoms with van der Waals surface area (Å²) in [6.07, 6.45) is 3.41. The summed E-state index contributed by atoms with van der Waals surface area (Å²) in [6, 6.07) is 0. The van der Waals surface area contributed by atoms with Gasteiger partial charge in [0.05, 0.1) is 6.10 Å². The highest BCUT2D eigenvalue weighted by molar-refractivity contribution is 7.89. The van der Waals surface area contributed by atoms with Crippen molar-refractivity contribution < 1.29 is 27.6 Å². The van der Waals surface area contributed by atoms with Crippen LogP contribution in [0.5, 0.6) is 0 Å². The molecule has 0 unspecified atom stereocenters. The van der Waals surface area contributed by atoms with Gasteiger partial charge in [0.1, 0.15) is 22.0 Å². The Morgan fingerprint density at radius 2 is 1.90 bits per heavy atom. The maximum absolute atomic E-state index is 12.2. The zero-order chi connectivity index (χ0) is 14.9. The number of hydrogen-bond acceptors (Lipinski definition) is 5. The number of carboxylic acids is 1. The van der Waals surface area contributed by atoms with Gasteiger partial charge in [0, 0.05) is 0 Å². The Bertz CT molecular complexity index is 612. The van der Waals surface area contributed by atoms with Crippen molar-refractivity contribution in [3.63, 3.8) is 0 Å². The van der Waals surface area contributed by atoms with Crippen LogP contribution >= 0.6 is 0 Å². The van der Waals surface area contributed by atoms with Crippen LogP contribution in [0.25, 0.3) is 0 Å². The fraction of sp³-hybridized carbons (Fsp3) is 0.583. The second-order valence-electron chi connectivity index (χ2n) is 4.83. The predicted octanol–water partition coefficient (Wildman–Crippen LogP) is 1.75. The van der Waals surface area contributed by atoms with Gasteiger partial charge in [-0.25, -0.2) is 13.2 Å². The molecule has 0 atom stereocenters. The Balaban J connectivity index is 2.26. The highest BCUT2D eigenvalue weighted by Gasteiger charge is 2.32. The fourth-order valence-corrected chi connectivity index (χ4v) is 3.68. The largest absolute Gasteiger partial charge is 0.478 e. The van der Waals surface area contributed by atoms with E-state index in [1.54, 1.807) is 0 Å². The lowest BCUT2D eigenvalue weighted by molar-refractivity contribution is 0.0222. The van der Waals surface area contributed by atoms with Crippen LogP contribution in [0, 0.1) is 13.8 Å². The molecule has 8 heteroatoms. The predicted molar refractivity (Wildman–Crippen MR) is 68.8 cm³/mol. The maximum atomic E-state index is 12.2. The Kier molecular flexibility index (Phi) is 4.17. The van der Waals surface area contributed by atoms with Crippen molar-refractivity contribution in [2.75, 3.05) is 0 Å². The van der Waals surface area contributed by atoms with E-state index in [1.807, 2.05) is 4.89 Å². The molecule has 0 amide bonds. The van der Waals surface area contributed by atoms with Crippen molar-refractivity contribution in [2.24, 2.45) is 0 Å². The zero-order valence-electron chi connectivity index (χ0n) is 11.3. The van der Waals surface area contributed by atoms with Gasteiger partial charge >= 0.3 is 5.97 Å². The third kappa shape index (κ3) is 2.87. The van der Waals surface area contributed by atoms with Gasteiger partial charge in [0.15, 0.2) is 0 Å². The molecule has 0 bridgehead atoms. The second-order valence-corrected chi connectivity index (χ2v) is 6.42. The van der Waals surface area contributed by atoms with Crippen molar-refractivity contribution in [1.82, 2.24) is 4.89 Å². The number of carboxylic acid groups (broad SMARTS) is 1. The van der Waals surface area contributed by atoms with E-state index in [2.05, 4.69) is 0 Å². The molecule has 112 valence electrons. The van der Waals surface area contributed by atoms with E-state index in [4.69, 9.17) is 14.4 Å². The number of sulfonamides is 1. The molecule has 1 aromatic rings. The fourth-order valence-electron chi connectivity index (χ4n) is 2.41. The van der Waals surface area contributed by atoms with Crippen LogP contribution in [0.4, 0.5) is 0 Å². The number of hydrogen-bond donors (Lipinski definition) is 2. The molecule has 0 radical (unpaired) electrons. The zero-order valence-corrected chi connectivity index (χ0v) is 12.1. The highest BCUT2D eigenvalue weighted by Crippen LogP contribution is 2.27. The molecule has 7 nitrogen and oxygen atoms in total. The molecule has 1 heterocycles. The maximum Gasteiger partial charge on any atom is 0.340 e. The van der Waals surface area contributed by atoms with Gasteiger partial charge in [-0.1, -0.05) is 17.7 Å². The Morgan fingerprint density at radius 1 is 1.30 bits per heavy atom. The van der Waals surface area contributed by atoms with Crippen LogP contribution in [0.3, 0.4) is 0 Å². The number of nitrogens with one attached hydrogen (secondary N) is 1. The summed E-state index contributed by atoms with van der Waals surface area (Å²) in [4.78, 5) is 18.0. The number of aromatic carboxylic acids is 1. The third-order valence-electron chi connectivity index (χ3n) is 3.31. The monoisotopic (exact) mass is 303 g/mol. The van der Waals surface area contributed by atoms with Gasteiger partial charge in [-0.3, -0.25) is 4.84 Å². The normalized spacial score (nSPS) is 16.7. The molecule has 0 spiro atoms. The van der Waals surface area contributed by atoms with Crippen molar-refractivity contribution in [3.8, 4) is 0 Å². The third-order valence-corrected chi connectivity index (χ3v) is 4.66. The van der Waals surface area contributed by atoms with Crippen LogP contribution in [0.15, 0.2) is 9.31 Å². The molecular weight excluding hydrogens is 286 g/mol. The van der Waals surface area contributed by atoms with Gasteiger partial charge in [-0.2, -0.15) is 0 Å². The average Bonchev–Trinajstić information content (AvgIpc) is 2.94. The summed E-state index contributed by atoms with van der Waals surface area (Å²) in [7, 11) is -4.08. The minimum absolute atomic E-state index is 0.0300. The van der Waals surface area contributed by atoms with Crippen LogP contribution < -0.4 is 4.89 Å². The molecule has 1 aliphatic carbocycles. The van der Waals surface area contributed by atoms with E-state index in [-0.39, 0.29) is 28.1 Å². The summed E-state index contributed by atoms with van der Waals surface area (Å²) >= 11 is 0. The van der Waals surface area contributed by atoms with Crippen molar-refractivity contribution in [3.05, 3.63) is 17.1 Å². The first-order valence-electron chi connectivity index (χ1n) is 6.33. The van der Waals surface area contributed by atoms with Crippen molar-refractivity contribution in [1.29, 1.82) is 0 Å². The first-order valence-corrected chi connectivity index (χ1v) is 7.82. The number of aryl methyl sites for hydroxylation is 2. The molecule has 1 saturated carbocycles. The van der Waals surface area contributed by atoms with Gasteiger partial charge in [0.25, 0.3) is 10.0 Å². The van der Waals surface area contributed by atoms with Crippen molar-refractivity contribution >= 4 is 16.0 Å². The minimum atomic E-state index is -4.08. The SMILES string of the molecule is Cc1oc(C)c(S(=O)(=O)NOC2CCCC2)c1C(=O)O. The van der Waals surface area contributed by atoms with Crippen LogP contribution in [0.2, 0.25) is 0 Å². The minimum Gasteiger partial charge on any atom is -0.478 e. The summed E-state index contributed by atoms with van der Waals surface area (Å²) < 4.78 is 29.5. The molecule has 1 fully saturated rings. The van der Waals surface area contributed by atoms with E-state index >= 15 is 0 Å². The molecule has 20 heavy (non-hydrogen) atoms. The molecule has 1 aromatic heterocycles. The molecule has 1 aliphatic rings. The van der Waals surface area contributed by atoms with Gasteiger partial charge in [0.2, 0.25) is 0 Å². The number of furan rings is 1. The van der Waals surface area contributed by atoms with Gasteiger partial charge in [-0.15, -0.1) is 0 Å². The number of carbonyl (C=O) groups is 1. The standard InChI is InChI=1S/C12H17NO6S/c1-7-10(12(14)15)11(8(2)18-7)20(16,17)13-19-9-5-3-4-6-9/h9,13H,3-6H2,1-2H3,(H,14,15). The van der Waals surface area contributed by atoms with Crippen molar-refractivity contribution in [2.45, 2.75) is 50.5 Å². The topological polar surface area (TPSA) is 106 Å². The molecule has 0 aliphatic heterocycles. The van der Waals surface area contributed by atoms with Crippen LogP contribution in [-0.2, 0) is 14.9 Å². The van der Waals surface area contributed by atoms with E-state index < -0.39 is 16.0 Å². The Labute approximate surface area is 116 Å².